The van der Waals surface area contributed by atoms with Crippen LogP contribution in [0.2, 0.25) is 0 Å². The number of para-hydroxylation sites is 1. The second-order valence-electron chi connectivity index (χ2n) is 18.7. The van der Waals surface area contributed by atoms with Crippen LogP contribution < -0.4 is 26.8 Å². The standard InChI is InChI=1S/C44H57N9O3S/c1-27-29-10-9-17-53(37(29)51-50-36(27)49-39-47-32-11-5-6-12-33(32)57-39)34-14-13-30(35(48-34)38(54)55)31(20-45)28(2)46-26-42-21-40(3)23-43(56-19-18-52-15-7-8-16-52)24-41(4,22-42)44(40,43)25-42/h5-6,11-14,20,38,50-51,54-55H,7-10,15-19,21-26,45H2,1-4H3,(H,47,49). The number of fused-ring (bicyclic) bond motifs is 2. The van der Waals surface area contributed by atoms with E-state index < -0.39 is 6.29 Å². The van der Waals surface area contributed by atoms with Crippen molar-refractivity contribution in [3.05, 3.63) is 76.6 Å². The van der Waals surface area contributed by atoms with Crippen LogP contribution >= 0.6 is 11.3 Å². The summed E-state index contributed by atoms with van der Waals surface area (Å²) in [6.45, 7) is 14.9. The van der Waals surface area contributed by atoms with Crippen molar-refractivity contribution in [2.24, 2.45) is 32.4 Å². The van der Waals surface area contributed by atoms with E-state index >= 15 is 0 Å². The third-order valence-electron chi connectivity index (χ3n) is 15.3. The number of ether oxygens (including phenoxy) is 1. The van der Waals surface area contributed by atoms with Gasteiger partial charge in [0.05, 0.1) is 22.4 Å². The van der Waals surface area contributed by atoms with Gasteiger partial charge in [-0.3, -0.25) is 15.8 Å². The van der Waals surface area contributed by atoms with E-state index in [0.29, 0.717) is 27.8 Å². The number of nitrogens with two attached hydrogens (primary N) is 1. The number of rotatable bonds is 12. The van der Waals surface area contributed by atoms with Crippen LogP contribution in [0.1, 0.15) is 103 Å². The molecule has 2 aromatic heterocycles. The Morgan fingerprint density at radius 2 is 1.79 bits per heavy atom. The maximum atomic E-state index is 10.7. The third-order valence-corrected chi connectivity index (χ3v) is 16.2. The number of likely N-dealkylation sites (tertiary alicyclic amines) is 1. The van der Waals surface area contributed by atoms with Gasteiger partial charge in [0.1, 0.15) is 23.2 Å². The number of hydrazine groups is 1. The lowest BCUT2D eigenvalue weighted by Gasteiger charge is -2.82. The minimum Gasteiger partial charge on any atom is -0.404 e. The van der Waals surface area contributed by atoms with Crippen LogP contribution in [0.3, 0.4) is 0 Å². The van der Waals surface area contributed by atoms with Gasteiger partial charge in [-0.1, -0.05) is 37.3 Å². The van der Waals surface area contributed by atoms with Crippen molar-refractivity contribution < 1.29 is 14.9 Å². The molecule has 1 aromatic carbocycles. The summed E-state index contributed by atoms with van der Waals surface area (Å²) in [7, 11) is 0. The summed E-state index contributed by atoms with van der Waals surface area (Å²) >= 11 is 1.62. The molecule has 2 atom stereocenters. The number of hydrogen-bond donors (Lipinski definition) is 6. The predicted molar refractivity (Wildman–Crippen MR) is 226 cm³/mol. The molecule has 7 aliphatic rings. The van der Waals surface area contributed by atoms with Gasteiger partial charge in [0.15, 0.2) is 11.4 Å². The van der Waals surface area contributed by atoms with Crippen LogP contribution in [-0.4, -0.2) is 75.7 Å². The van der Waals surface area contributed by atoms with E-state index in [-0.39, 0.29) is 22.1 Å². The highest BCUT2D eigenvalue weighted by Crippen LogP contribution is 2.95. The molecule has 4 saturated carbocycles. The first-order valence-electron chi connectivity index (χ1n) is 21.0. The number of benzene rings is 1. The van der Waals surface area contributed by atoms with Crippen LogP contribution in [0.5, 0.6) is 0 Å². The summed E-state index contributed by atoms with van der Waals surface area (Å²) in [6.07, 6.45) is 10.1. The minimum atomic E-state index is -1.79. The van der Waals surface area contributed by atoms with Gasteiger partial charge in [0, 0.05) is 53.7 Å². The molecule has 5 fully saturated rings. The molecule has 0 amide bonds. The zero-order valence-electron chi connectivity index (χ0n) is 33.7. The fourth-order valence-electron chi connectivity index (χ4n) is 13.6. The third kappa shape index (κ3) is 5.48. The van der Waals surface area contributed by atoms with E-state index in [4.69, 9.17) is 25.4 Å². The number of aliphatic hydroxyl groups excluding tert-OH is 1. The zero-order valence-corrected chi connectivity index (χ0v) is 34.6. The van der Waals surface area contributed by atoms with Crippen LogP contribution in [0.4, 0.5) is 10.9 Å². The Morgan fingerprint density at radius 3 is 2.53 bits per heavy atom. The van der Waals surface area contributed by atoms with Crippen molar-refractivity contribution in [3.8, 4) is 0 Å². The Balaban J connectivity index is 0.866. The molecule has 1 saturated heterocycles. The average Bonchev–Trinajstić information content (AvgIpc) is 3.95. The molecular weight excluding hydrogens is 735 g/mol. The monoisotopic (exact) mass is 791 g/mol. The number of aromatic nitrogens is 2. The largest absolute Gasteiger partial charge is 0.404 e. The van der Waals surface area contributed by atoms with E-state index in [2.05, 4.69) is 52.8 Å². The number of nitrogens with zero attached hydrogens (tertiary/aromatic N) is 5. The molecule has 13 heteroatoms. The van der Waals surface area contributed by atoms with Gasteiger partial charge in [-0.2, -0.15) is 0 Å². The summed E-state index contributed by atoms with van der Waals surface area (Å²) < 4.78 is 8.05. The number of anilines is 2. The molecule has 0 radical (unpaired) electrons. The van der Waals surface area contributed by atoms with Gasteiger partial charge in [0.25, 0.3) is 0 Å². The first-order chi connectivity index (χ1) is 27.4. The quantitative estimate of drug-likeness (QED) is 0.0875. The molecule has 2 unspecified atom stereocenters. The maximum Gasteiger partial charge on any atom is 0.196 e. The molecule has 3 aliphatic heterocycles. The van der Waals surface area contributed by atoms with E-state index in [1.165, 1.54) is 63.6 Å². The first-order valence-corrected chi connectivity index (χ1v) is 21.8. The highest BCUT2D eigenvalue weighted by molar-refractivity contribution is 7.22. The van der Waals surface area contributed by atoms with E-state index in [9.17, 15) is 10.2 Å². The van der Waals surface area contributed by atoms with Gasteiger partial charge in [-0.15, -0.1) is 0 Å². The van der Waals surface area contributed by atoms with Crippen LogP contribution in [0, 0.1) is 21.7 Å². The van der Waals surface area contributed by atoms with Crippen molar-refractivity contribution in [2.75, 3.05) is 49.5 Å². The van der Waals surface area contributed by atoms with Crippen molar-refractivity contribution in [3.63, 3.8) is 0 Å². The average molecular weight is 792 g/mol. The van der Waals surface area contributed by atoms with Gasteiger partial charge in [-0.25, -0.2) is 9.97 Å². The normalized spacial score (nSPS) is 33.4. The molecule has 2 bridgehead atoms. The number of hydrogen-bond acceptors (Lipinski definition) is 13. The van der Waals surface area contributed by atoms with E-state index in [1.807, 2.05) is 37.3 Å². The fraction of sp³-hybridized carbons (Fsp3) is 0.568. The van der Waals surface area contributed by atoms with E-state index in [0.717, 1.165) is 77.4 Å². The van der Waals surface area contributed by atoms with Gasteiger partial charge in [0.2, 0.25) is 0 Å². The van der Waals surface area contributed by atoms with Crippen LogP contribution in [0.15, 0.2) is 70.4 Å². The van der Waals surface area contributed by atoms with E-state index in [1.54, 1.807) is 17.5 Å². The molecule has 302 valence electrons. The fourth-order valence-corrected chi connectivity index (χ4v) is 14.5. The van der Waals surface area contributed by atoms with Crippen molar-refractivity contribution >= 4 is 43.8 Å². The summed E-state index contributed by atoms with van der Waals surface area (Å²) in [5.41, 5.74) is 19.5. The number of nitrogens with one attached hydrogen (secondary N) is 3. The summed E-state index contributed by atoms with van der Waals surface area (Å²) in [6, 6.07) is 12.0. The summed E-state index contributed by atoms with van der Waals surface area (Å²) in [5.74, 6) is 2.38. The summed E-state index contributed by atoms with van der Waals surface area (Å²) in [4.78, 5) is 19.6. The molecule has 10 rings (SSSR count). The van der Waals surface area contributed by atoms with Crippen molar-refractivity contribution in [1.82, 2.24) is 25.7 Å². The van der Waals surface area contributed by atoms with Gasteiger partial charge >= 0.3 is 0 Å². The SMILES string of the molecule is CC(=NCC12CC3(C)CC4(OCCN5CCCC5)CC(C)(C1)C34C2)C(=CN)c1ccc(N2CCCC3=C2NNC(Nc2nc4ccccc4s2)=C3C)nc1C(O)O. The number of aliphatic hydroxyl groups is 2. The molecule has 1 spiro atoms. The number of allylic oxidation sites excluding steroid dienone is 3. The first kappa shape index (κ1) is 37.3. The van der Waals surface area contributed by atoms with Crippen molar-refractivity contribution in [1.29, 1.82) is 0 Å². The lowest BCUT2D eigenvalue weighted by Crippen LogP contribution is -2.82. The Hall–Kier alpha value is -4.01. The lowest BCUT2D eigenvalue weighted by molar-refractivity contribution is -0.397. The lowest BCUT2D eigenvalue weighted by atomic mass is 9.25. The Labute approximate surface area is 339 Å². The highest BCUT2D eigenvalue weighted by atomic mass is 32.1. The Morgan fingerprint density at radius 1 is 1.02 bits per heavy atom. The van der Waals surface area contributed by atoms with Crippen LogP contribution in [-0.2, 0) is 4.74 Å². The number of aliphatic imine (C=N–C) groups is 1. The molecule has 4 aliphatic carbocycles. The van der Waals surface area contributed by atoms with Gasteiger partial charge in [-0.05, 0) is 131 Å². The second-order valence-corrected chi connectivity index (χ2v) is 19.7. The predicted octanol–water partition coefficient (Wildman–Crippen LogP) is 6.54. The molecular formula is C44H57N9O3S. The maximum absolute atomic E-state index is 10.7. The molecule has 12 nitrogen and oxygen atoms in total. The minimum absolute atomic E-state index is 0.0365. The molecule has 57 heavy (non-hydrogen) atoms. The topological polar surface area (TPSA) is 156 Å². The molecule has 7 N–H and O–H groups in total. The van der Waals surface area contributed by atoms with Crippen molar-refractivity contribution in [2.45, 2.75) is 97.4 Å². The second kappa shape index (κ2) is 13.3. The zero-order chi connectivity index (χ0) is 39.4. The molecule has 3 aromatic rings. The van der Waals surface area contributed by atoms with Gasteiger partial charge < -0.3 is 35.8 Å². The Kier molecular flexibility index (Phi) is 8.67. The smallest absolute Gasteiger partial charge is 0.196 e. The molecule has 5 heterocycles. The Bertz CT molecular complexity index is 2200. The highest BCUT2D eigenvalue weighted by Gasteiger charge is 2.93. The van der Waals surface area contributed by atoms with Crippen LogP contribution in [0.25, 0.3) is 15.8 Å². The number of pyridine rings is 1. The summed E-state index contributed by atoms with van der Waals surface area (Å²) in [5, 5.41) is 25.8. The number of thiazole rings is 1.